The summed E-state index contributed by atoms with van der Waals surface area (Å²) < 4.78 is 1.82. The summed E-state index contributed by atoms with van der Waals surface area (Å²) in [7, 11) is 0. The fourth-order valence-electron chi connectivity index (χ4n) is 3.98. The lowest BCUT2D eigenvalue weighted by Crippen LogP contribution is -2.10. The molecule has 0 atom stereocenters. The molecule has 140 valence electrons. The van der Waals surface area contributed by atoms with Crippen molar-refractivity contribution in [3.05, 3.63) is 83.0 Å². The fourth-order valence-corrected chi connectivity index (χ4v) is 3.98. The van der Waals surface area contributed by atoms with Crippen LogP contribution in [0.5, 0.6) is 0 Å². The quantitative estimate of drug-likeness (QED) is 0.359. The lowest BCUT2D eigenvalue weighted by molar-refractivity contribution is 0.0684. The summed E-state index contributed by atoms with van der Waals surface area (Å²) in [6.45, 7) is 2.49. The molecule has 28 heavy (non-hydrogen) atoms. The van der Waals surface area contributed by atoms with E-state index in [9.17, 15) is 9.90 Å². The average Bonchev–Trinajstić information content (AvgIpc) is 3.01. The number of aryl methyl sites for hydroxylation is 1. The molecule has 0 bridgehead atoms. The van der Waals surface area contributed by atoms with E-state index in [0.29, 0.717) is 24.2 Å². The first kappa shape index (κ1) is 17.8. The zero-order valence-electron chi connectivity index (χ0n) is 15.6. The molecule has 0 spiro atoms. The predicted molar refractivity (Wildman–Crippen MR) is 112 cm³/mol. The van der Waals surface area contributed by atoms with Gasteiger partial charge in [0.15, 0.2) is 0 Å². The van der Waals surface area contributed by atoms with Crippen LogP contribution in [0.15, 0.2) is 60.7 Å². The van der Waals surface area contributed by atoms with E-state index in [0.717, 1.165) is 32.8 Å². The van der Waals surface area contributed by atoms with Crippen molar-refractivity contribution in [2.45, 2.75) is 19.9 Å². The predicted octanol–water partition coefficient (Wildman–Crippen LogP) is 4.39. The van der Waals surface area contributed by atoms with Gasteiger partial charge < -0.3 is 15.4 Å². The number of amidine groups is 1. The van der Waals surface area contributed by atoms with E-state index in [1.807, 2.05) is 47.9 Å². The summed E-state index contributed by atoms with van der Waals surface area (Å²) in [6, 6.07) is 19.7. The van der Waals surface area contributed by atoms with Gasteiger partial charge in [-0.25, -0.2) is 4.79 Å². The van der Waals surface area contributed by atoms with Crippen molar-refractivity contribution in [2.75, 3.05) is 0 Å². The van der Waals surface area contributed by atoms with Crippen molar-refractivity contribution in [1.82, 2.24) is 4.57 Å². The number of fused-ring (bicyclic) bond motifs is 2. The van der Waals surface area contributed by atoms with Crippen LogP contribution in [0.4, 0.5) is 0 Å². The van der Waals surface area contributed by atoms with Gasteiger partial charge in [0.25, 0.3) is 0 Å². The minimum absolute atomic E-state index is 0.0286. The maximum atomic E-state index is 12.2. The molecule has 0 amide bonds. The topological polar surface area (TPSA) is 92.1 Å². The summed E-state index contributed by atoms with van der Waals surface area (Å²) in [5.74, 6) is -0.975. The van der Waals surface area contributed by atoms with Gasteiger partial charge in [-0.2, -0.15) is 0 Å². The van der Waals surface area contributed by atoms with Gasteiger partial charge in [-0.3, -0.25) is 5.41 Å². The van der Waals surface area contributed by atoms with Gasteiger partial charge in [-0.1, -0.05) is 42.5 Å². The van der Waals surface area contributed by atoms with Crippen LogP contribution in [-0.4, -0.2) is 21.5 Å². The Labute approximate surface area is 162 Å². The number of aromatic nitrogens is 1. The molecule has 0 aliphatic heterocycles. The van der Waals surface area contributed by atoms with Crippen molar-refractivity contribution < 1.29 is 9.90 Å². The molecule has 4 aromatic rings. The van der Waals surface area contributed by atoms with Crippen molar-refractivity contribution in [3.63, 3.8) is 0 Å². The number of aromatic carboxylic acids is 1. The maximum absolute atomic E-state index is 12.2. The Morgan fingerprint density at radius 2 is 1.82 bits per heavy atom. The Kier molecular flexibility index (Phi) is 4.35. The van der Waals surface area contributed by atoms with Crippen molar-refractivity contribution in [2.24, 2.45) is 5.73 Å². The normalized spacial score (nSPS) is 11.2. The van der Waals surface area contributed by atoms with E-state index >= 15 is 0 Å². The number of benzene rings is 3. The van der Waals surface area contributed by atoms with Crippen LogP contribution in [-0.2, 0) is 13.0 Å². The van der Waals surface area contributed by atoms with E-state index in [2.05, 4.69) is 18.2 Å². The standard InChI is InChI=1S/C23H21N3O2/c1-2-26-20-11-10-16(22(24)25)13-18(20)19(21(26)23(27)28)12-15-8-5-7-14-6-3-4-9-17(14)15/h3-11,13H,2,12H2,1H3,(H3,24,25)(H,27,28). The van der Waals surface area contributed by atoms with Crippen LogP contribution >= 0.6 is 0 Å². The first-order chi connectivity index (χ1) is 13.5. The van der Waals surface area contributed by atoms with Gasteiger partial charge in [0, 0.05) is 29.4 Å². The molecule has 0 aliphatic carbocycles. The first-order valence-electron chi connectivity index (χ1n) is 9.20. The number of nitrogens with two attached hydrogens (primary N) is 1. The Morgan fingerprint density at radius 3 is 2.54 bits per heavy atom. The number of carbonyl (C=O) groups is 1. The summed E-state index contributed by atoms with van der Waals surface area (Å²) >= 11 is 0. The highest BCUT2D eigenvalue weighted by Crippen LogP contribution is 2.31. The number of carboxylic acid groups (broad SMARTS) is 1. The molecule has 5 nitrogen and oxygen atoms in total. The lowest BCUT2D eigenvalue weighted by Gasteiger charge is -2.09. The summed E-state index contributed by atoms with van der Waals surface area (Å²) in [4.78, 5) is 12.2. The zero-order chi connectivity index (χ0) is 19.8. The van der Waals surface area contributed by atoms with Gasteiger partial charge in [-0.15, -0.1) is 0 Å². The zero-order valence-corrected chi connectivity index (χ0v) is 15.6. The van der Waals surface area contributed by atoms with Crippen LogP contribution in [0.25, 0.3) is 21.7 Å². The maximum Gasteiger partial charge on any atom is 0.352 e. The number of hydrogen-bond donors (Lipinski definition) is 3. The molecule has 4 rings (SSSR count). The first-order valence-corrected chi connectivity index (χ1v) is 9.20. The highest BCUT2D eigenvalue weighted by molar-refractivity contribution is 6.03. The number of rotatable bonds is 5. The lowest BCUT2D eigenvalue weighted by atomic mass is 9.96. The van der Waals surface area contributed by atoms with Crippen LogP contribution in [0.2, 0.25) is 0 Å². The highest BCUT2D eigenvalue weighted by Gasteiger charge is 2.22. The van der Waals surface area contributed by atoms with Gasteiger partial charge >= 0.3 is 5.97 Å². The second-order valence-corrected chi connectivity index (χ2v) is 6.84. The third kappa shape index (κ3) is 2.81. The molecule has 0 radical (unpaired) electrons. The molecule has 1 aromatic heterocycles. The number of hydrogen-bond acceptors (Lipinski definition) is 2. The SMILES string of the molecule is CCn1c(C(=O)O)c(Cc2cccc3ccccc23)c2cc(C(=N)N)ccc21. The molecular formula is C23H21N3O2. The number of nitrogen functional groups attached to an aromatic ring is 1. The Bertz CT molecular complexity index is 1230. The molecule has 0 saturated carbocycles. The average molecular weight is 371 g/mol. The molecular weight excluding hydrogens is 350 g/mol. The molecule has 0 unspecified atom stereocenters. The van der Waals surface area contributed by atoms with E-state index in [1.54, 1.807) is 6.07 Å². The minimum atomic E-state index is -0.947. The second kappa shape index (κ2) is 6.85. The molecule has 0 saturated heterocycles. The van der Waals surface area contributed by atoms with E-state index < -0.39 is 5.97 Å². The Hall–Kier alpha value is -3.60. The van der Waals surface area contributed by atoms with E-state index in [-0.39, 0.29) is 5.84 Å². The molecule has 5 heteroatoms. The summed E-state index contributed by atoms with van der Waals surface area (Å²) in [6.07, 6.45) is 0.494. The smallest absolute Gasteiger partial charge is 0.352 e. The Balaban J connectivity index is 2.01. The van der Waals surface area contributed by atoms with Gasteiger partial charge in [-0.05, 0) is 47.0 Å². The molecule has 4 N–H and O–H groups in total. The van der Waals surface area contributed by atoms with Gasteiger partial charge in [0.05, 0.1) is 0 Å². The van der Waals surface area contributed by atoms with Crippen molar-refractivity contribution >= 4 is 33.5 Å². The number of nitrogens with zero attached hydrogens (tertiary/aromatic N) is 1. The monoisotopic (exact) mass is 371 g/mol. The largest absolute Gasteiger partial charge is 0.477 e. The van der Waals surface area contributed by atoms with E-state index in [1.165, 1.54) is 0 Å². The summed E-state index contributed by atoms with van der Waals surface area (Å²) in [5.41, 5.74) is 9.24. The number of carboxylic acids is 1. The highest BCUT2D eigenvalue weighted by atomic mass is 16.4. The van der Waals surface area contributed by atoms with Gasteiger partial charge in [0.1, 0.15) is 11.5 Å². The number of nitrogens with one attached hydrogen (secondary N) is 1. The summed E-state index contributed by atoms with van der Waals surface area (Å²) in [5, 5.41) is 20.8. The van der Waals surface area contributed by atoms with Crippen LogP contribution in [0, 0.1) is 5.41 Å². The minimum Gasteiger partial charge on any atom is -0.477 e. The van der Waals surface area contributed by atoms with Crippen LogP contribution < -0.4 is 5.73 Å². The van der Waals surface area contributed by atoms with Gasteiger partial charge in [0.2, 0.25) is 0 Å². The molecule has 0 aliphatic rings. The third-order valence-electron chi connectivity index (χ3n) is 5.25. The molecule has 0 fully saturated rings. The third-order valence-corrected chi connectivity index (χ3v) is 5.25. The molecule has 1 heterocycles. The van der Waals surface area contributed by atoms with Crippen LogP contribution in [0.3, 0.4) is 0 Å². The Morgan fingerprint density at radius 1 is 1.07 bits per heavy atom. The van der Waals surface area contributed by atoms with Crippen LogP contribution in [0.1, 0.15) is 34.1 Å². The van der Waals surface area contributed by atoms with Crippen molar-refractivity contribution in [3.8, 4) is 0 Å². The molecule has 3 aromatic carbocycles. The van der Waals surface area contributed by atoms with Crippen molar-refractivity contribution in [1.29, 1.82) is 5.41 Å². The fraction of sp³-hybridized carbons (Fsp3) is 0.130. The second-order valence-electron chi connectivity index (χ2n) is 6.84. The van der Waals surface area contributed by atoms with E-state index in [4.69, 9.17) is 11.1 Å².